The number of Topliss-reactive ketones (excluding diaryl/α,β-unsaturated/α-hetero) is 1. The predicted molar refractivity (Wildman–Crippen MR) is 114 cm³/mol. The fourth-order valence-corrected chi connectivity index (χ4v) is 1.65. The number of nitrogens with zero attached hydrogens (tertiary/aromatic N) is 1. The molecule has 2 N–H and O–H groups in total. The van der Waals surface area contributed by atoms with E-state index in [0.29, 0.717) is 18.6 Å². The third-order valence-corrected chi connectivity index (χ3v) is 5.62. The molecular weight excluding hydrogens is 356 g/mol. The van der Waals surface area contributed by atoms with E-state index in [4.69, 9.17) is 5.14 Å². The molecule has 0 aliphatic heterocycles. The van der Waals surface area contributed by atoms with E-state index < -0.39 is 22.0 Å². The highest BCUT2D eigenvalue weighted by molar-refractivity contribution is 7.85. The van der Waals surface area contributed by atoms with Gasteiger partial charge < -0.3 is 0 Å². The number of nitrogens with two attached hydrogens (primary N) is 1. The molecule has 0 aromatic carbocycles. The Morgan fingerprint density at radius 3 is 1.24 bits per heavy atom. The molecule has 0 aliphatic rings. The topological polar surface area (TPSA) is 89.6 Å². The third-order valence-electron chi connectivity index (χ3n) is 2.94. The van der Waals surface area contributed by atoms with Crippen molar-refractivity contribution in [3.05, 3.63) is 0 Å². The van der Waals surface area contributed by atoms with Gasteiger partial charge in [0.25, 0.3) is 0 Å². The van der Waals surface area contributed by atoms with Gasteiger partial charge in [0.2, 0.25) is 0 Å². The molecule has 0 unspecified atom stereocenters. The van der Waals surface area contributed by atoms with Crippen LogP contribution in [0.15, 0.2) is 4.40 Å². The third kappa shape index (κ3) is 19.8. The van der Waals surface area contributed by atoms with Crippen LogP contribution >= 0.6 is 0 Å². The zero-order chi connectivity index (χ0) is 20.8. The van der Waals surface area contributed by atoms with Crippen LogP contribution in [-0.2, 0) is 26.8 Å². The molecule has 0 heterocycles. The van der Waals surface area contributed by atoms with E-state index in [1.165, 1.54) is 0 Å². The second-order valence-electron chi connectivity index (χ2n) is 7.38. The van der Waals surface area contributed by atoms with Gasteiger partial charge in [0, 0.05) is 18.6 Å². The number of carbonyl (C=O) groups is 1. The highest BCUT2D eigenvalue weighted by atomic mass is 32.2. The van der Waals surface area contributed by atoms with Gasteiger partial charge in [-0.05, 0) is 54.4 Å². The van der Waals surface area contributed by atoms with Gasteiger partial charge in [-0.2, -0.15) is 4.40 Å². The fraction of sp³-hybridized carbons (Fsp3) is 0.889. The minimum absolute atomic E-state index is 0.227. The van der Waals surface area contributed by atoms with E-state index in [2.05, 4.69) is 4.40 Å². The van der Waals surface area contributed by atoms with Crippen molar-refractivity contribution in [1.82, 2.24) is 0 Å². The van der Waals surface area contributed by atoms with Gasteiger partial charge in [-0.25, -0.2) is 8.42 Å². The second-order valence-corrected chi connectivity index (χ2v) is 11.1. The van der Waals surface area contributed by atoms with Crippen LogP contribution in [0.2, 0.25) is 0 Å². The minimum atomic E-state index is -1.18. The van der Waals surface area contributed by atoms with E-state index in [9.17, 15) is 13.2 Å². The van der Waals surface area contributed by atoms with Crippen molar-refractivity contribution in [2.75, 3.05) is 0 Å². The van der Waals surface area contributed by atoms with E-state index in [-0.39, 0.29) is 9.49 Å². The lowest BCUT2D eigenvalue weighted by Crippen LogP contribution is -2.27. The van der Waals surface area contributed by atoms with Crippen molar-refractivity contribution in [2.24, 2.45) is 9.54 Å². The SMILES string of the molecule is CC(C)(C)[S@](N)=O.CCC(=O)CC.CCC(CC)=N[S@](=O)C(C)(C)C. The van der Waals surface area contributed by atoms with Crippen LogP contribution in [-0.4, -0.2) is 29.4 Å². The first-order valence-electron chi connectivity index (χ1n) is 8.83. The number of hydrogen-bond acceptors (Lipinski definition) is 3. The van der Waals surface area contributed by atoms with Gasteiger partial charge in [0.1, 0.15) is 16.8 Å². The van der Waals surface area contributed by atoms with Crippen LogP contribution in [0.1, 0.15) is 94.9 Å². The second kappa shape index (κ2) is 14.7. The van der Waals surface area contributed by atoms with Crippen molar-refractivity contribution in [2.45, 2.75) is 104 Å². The highest BCUT2D eigenvalue weighted by Gasteiger charge is 2.18. The van der Waals surface area contributed by atoms with Gasteiger partial charge in [-0.1, -0.05) is 27.7 Å². The average molecular weight is 397 g/mol. The Labute approximate surface area is 160 Å². The molecule has 0 radical (unpaired) electrons. The molecular formula is C18H40N2O3S2. The Bertz CT molecular complexity index is 436. The monoisotopic (exact) mass is 396 g/mol. The van der Waals surface area contributed by atoms with Crippen molar-refractivity contribution >= 4 is 33.5 Å². The quantitative estimate of drug-likeness (QED) is 0.694. The lowest BCUT2D eigenvalue weighted by Gasteiger charge is -2.14. The van der Waals surface area contributed by atoms with E-state index >= 15 is 0 Å². The van der Waals surface area contributed by atoms with Crippen LogP contribution in [0.5, 0.6) is 0 Å². The van der Waals surface area contributed by atoms with Gasteiger partial charge in [0.05, 0.1) is 20.5 Å². The first kappa shape index (κ1) is 29.4. The molecule has 152 valence electrons. The molecule has 0 fully saturated rings. The smallest absolute Gasteiger partial charge is 0.144 e. The molecule has 0 aromatic rings. The summed E-state index contributed by atoms with van der Waals surface area (Å²) >= 11 is 0. The molecule has 25 heavy (non-hydrogen) atoms. The Morgan fingerprint density at radius 1 is 0.800 bits per heavy atom. The molecule has 0 spiro atoms. The summed E-state index contributed by atoms with van der Waals surface area (Å²) in [5, 5.41) is 5.04. The molecule has 5 nitrogen and oxygen atoms in total. The summed E-state index contributed by atoms with van der Waals surface area (Å²) in [6.07, 6.45) is 3.18. The molecule has 7 heteroatoms. The van der Waals surface area contributed by atoms with Crippen LogP contribution in [0.3, 0.4) is 0 Å². The summed E-state index contributed by atoms with van der Waals surface area (Å²) in [5.41, 5.74) is 1.04. The van der Waals surface area contributed by atoms with Crippen molar-refractivity contribution in [3.63, 3.8) is 0 Å². The Morgan fingerprint density at radius 2 is 1.12 bits per heavy atom. The number of rotatable bonds is 5. The summed E-state index contributed by atoms with van der Waals surface area (Å²) in [6.45, 7) is 19.2. The molecule has 0 saturated heterocycles. The summed E-state index contributed by atoms with van der Waals surface area (Å²) in [7, 11) is -2.26. The first-order valence-corrected chi connectivity index (χ1v) is 11.1. The summed E-state index contributed by atoms with van der Waals surface area (Å²) in [4.78, 5) is 10.2. The average Bonchev–Trinajstić information content (AvgIpc) is 2.50. The predicted octanol–water partition coefficient (Wildman–Crippen LogP) is 4.49. The molecule has 0 rings (SSSR count). The Kier molecular flexibility index (Phi) is 17.3. The minimum Gasteiger partial charge on any atom is -0.300 e. The fourth-order valence-electron chi connectivity index (χ4n) is 0.883. The highest BCUT2D eigenvalue weighted by Crippen LogP contribution is 2.13. The van der Waals surface area contributed by atoms with Crippen LogP contribution < -0.4 is 5.14 Å². The first-order chi connectivity index (χ1) is 11.2. The molecule has 0 amide bonds. The number of ketones is 1. The summed E-state index contributed by atoms with van der Waals surface area (Å²) < 4.78 is 25.6. The van der Waals surface area contributed by atoms with E-state index in [0.717, 1.165) is 18.6 Å². The molecule has 2 atom stereocenters. The molecule has 0 saturated carbocycles. The Hall–Kier alpha value is -0.400. The zero-order valence-electron chi connectivity index (χ0n) is 17.9. The standard InChI is InChI=1S/C9H19NOS.C5H10O.C4H11NOS/c1-6-8(7-2)10-12(11)9(3,4)5;1-3-5(6)4-2;1-4(2,3)7(5)6/h6-7H2,1-5H3;3-4H2,1-2H3;5H2,1-3H3/t12-;;7-/m1.1/s1. The number of hydrogen-bond donors (Lipinski definition) is 1. The lowest BCUT2D eigenvalue weighted by molar-refractivity contribution is -0.118. The van der Waals surface area contributed by atoms with Crippen molar-refractivity contribution in [3.8, 4) is 0 Å². The molecule has 0 aliphatic carbocycles. The Balaban J connectivity index is -0.000000317. The van der Waals surface area contributed by atoms with Crippen LogP contribution in [0.4, 0.5) is 0 Å². The van der Waals surface area contributed by atoms with E-state index in [1.54, 1.807) is 0 Å². The van der Waals surface area contributed by atoms with Gasteiger partial charge >= 0.3 is 0 Å². The molecule has 0 aromatic heterocycles. The van der Waals surface area contributed by atoms with Crippen molar-refractivity contribution < 1.29 is 13.2 Å². The summed E-state index contributed by atoms with van der Waals surface area (Å²) in [6, 6.07) is 0. The molecule has 0 bridgehead atoms. The number of carbonyl (C=O) groups excluding carboxylic acids is 1. The normalized spacial score (nSPS) is 13.4. The zero-order valence-corrected chi connectivity index (χ0v) is 19.5. The largest absolute Gasteiger partial charge is 0.300 e. The van der Waals surface area contributed by atoms with Crippen LogP contribution in [0, 0.1) is 0 Å². The van der Waals surface area contributed by atoms with Gasteiger partial charge in [-0.15, -0.1) is 0 Å². The van der Waals surface area contributed by atoms with Crippen LogP contribution in [0.25, 0.3) is 0 Å². The lowest BCUT2D eigenvalue weighted by atomic mass is 10.2. The maximum Gasteiger partial charge on any atom is 0.144 e. The maximum absolute atomic E-state index is 11.5. The maximum atomic E-state index is 11.5. The van der Waals surface area contributed by atoms with Crippen molar-refractivity contribution in [1.29, 1.82) is 0 Å². The van der Waals surface area contributed by atoms with Gasteiger partial charge in [-0.3, -0.25) is 9.93 Å². The van der Waals surface area contributed by atoms with E-state index in [1.807, 2.05) is 69.2 Å². The summed E-state index contributed by atoms with van der Waals surface area (Å²) in [5.74, 6) is 0.343. The van der Waals surface area contributed by atoms with Gasteiger partial charge in [0.15, 0.2) is 0 Å².